The maximum absolute atomic E-state index is 9.71. The molecule has 0 aliphatic carbocycles. The number of nitrogens with two attached hydrogens (primary N) is 1. The van der Waals surface area contributed by atoms with Crippen molar-refractivity contribution in [3.05, 3.63) is 27.2 Å². The van der Waals surface area contributed by atoms with Crippen LogP contribution >= 0.6 is 15.9 Å². The van der Waals surface area contributed by atoms with Crippen LogP contribution in [0.4, 0.5) is 0 Å². The molecule has 13 heavy (non-hydrogen) atoms. The first-order valence-electron chi connectivity index (χ1n) is 4.25. The Morgan fingerprint density at radius 2 is 2.08 bits per heavy atom. The van der Waals surface area contributed by atoms with Crippen LogP contribution in [0.3, 0.4) is 0 Å². The van der Waals surface area contributed by atoms with E-state index in [0.29, 0.717) is 12.3 Å². The van der Waals surface area contributed by atoms with Crippen molar-refractivity contribution in [1.82, 2.24) is 0 Å². The fraction of sp³-hybridized carbons (Fsp3) is 0.400. The molecule has 3 heteroatoms. The van der Waals surface area contributed by atoms with E-state index < -0.39 is 0 Å². The Labute approximate surface area is 86.9 Å². The van der Waals surface area contributed by atoms with E-state index >= 15 is 0 Å². The standard InChI is InChI=1S/C10H14BrNO/c1-6-5-8(3-4-12)7(2)10(13)9(6)11/h5,13H,3-4,12H2,1-2H3. The van der Waals surface area contributed by atoms with Crippen LogP contribution in [0, 0.1) is 13.8 Å². The van der Waals surface area contributed by atoms with Crippen LogP contribution in [0.1, 0.15) is 16.7 Å². The molecule has 2 nitrogen and oxygen atoms in total. The zero-order valence-electron chi connectivity index (χ0n) is 7.89. The molecule has 0 radical (unpaired) electrons. The third kappa shape index (κ3) is 2.03. The van der Waals surface area contributed by atoms with Gasteiger partial charge in [0, 0.05) is 0 Å². The molecule has 1 rings (SSSR count). The quantitative estimate of drug-likeness (QED) is 0.838. The molecule has 0 amide bonds. The highest BCUT2D eigenvalue weighted by Gasteiger charge is 2.09. The van der Waals surface area contributed by atoms with Crippen LogP contribution in [0.5, 0.6) is 5.75 Å². The van der Waals surface area contributed by atoms with Gasteiger partial charge in [0.05, 0.1) is 4.47 Å². The summed E-state index contributed by atoms with van der Waals surface area (Å²) in [6.07, 6.45) is 0.813. The first kappa shape index (κ1) is 10.5. The summed E-state index contributed by atoms with van der Waals surface area (Å²) in [7, 11) is 0. The van der Waals surface area contributed by atoms with Gasteiger partial charge in [-0.15, -0.1) is 0 Å². The summed E-state index contributed by atoms with van der Waals surface area (Å²) in [5, 5.41) is 9.71. The molecule has 0 saturated carbocycles. The van der Waals surface area contributed by atoms with Crippen molar-refractivity contribution in [2.24, 2.45) is 5.73 Å². The predicted molar refractivity (Wildman–Crippen MR) is 58.0 cm³/mol. The van der Waals surface area contributed by atoms with Crippen LogP contribution in [0.25, 0.3) is 0 Å². The first-order chi connectivity index (χ1) is 6.07. The van der Waals surface area contributed by atoms with Crippen molar-refractivity contribution in [1.29, 1.82) is 0 Å². The van der Waals surface area contributed by atoms with E-state index in [9.17, 15) is 5.11 Å². The van der Waals surface area contributed by atoms with Crippen LogP contribution < -0.4 is 5.73 Å². The van der Waals surface area contributed by atoms with E-state index in [-0.39, 0.29) is 0 Å². The van der Waals surface area contributed by atoms with Gasteiger partial charge in [-0.3, -0.25) is 0 Å². The highest BCUT2D eigenvalue weighted by atomic mass is 79.9. The van der Waals surface area contributed by atoms with Crippen molar-refractivity contribution < 1.29 is 5.11 Å². The molecule has 0 aliphatic heterocycles. The summed E-state index contributed by atoms with van der Waals surface area (Å²) in [4.78, 5) is 0. The van der Waals surface area contributed by atoms with Crippen LogP contribution in [0.15, 0.2) is 10.5 Å². The van der Waals surface area contributed by atoms with Gasteiger partial charge >= 0.3 is 0 Å². The molecule has 0 atom stereocenters. The SMILES string of the molecule is Cc1cc(CCN)c(C)c(O)c1Br. The molecule has 0 bridgehead atoms. The maximum Gasteiger partial charge on any atom is 0.133 e. The van der Waals surface area contributed by atoms with Gasteiger partial charge < -0.3 is 10.8 Å². The van der Waals surface area contributed by atoms with Crippen LogP contribution in [0.2, 0.25) is 0 Å². The van der Waals surface area contributed by atoms with Gasteiger partial charge in [-0.2, -0.15) is 0 Å². The molecule has 0 aliphatic rings. The number of aromatic hydroxyl groups is 1. The molecule has 0 saturated heterocycles. The summed E-state index contributed by atoms with van der Waals surface area (Å²) in [5.74, 6) is 0.337. The zero-order valence-corrected chi connectivity index (χ0v) is 9.48. The fourth-order valence-corrected chi connectivity index (χ4v) is 1.76. The van der Waals surface area contributed by atoms with Crippen molar-refractivity contribution in [3.8, 4) is 5.75 Å². The van der Waals surface area contributed by atoms with Gasteiger partial charge in [0.1, 0.15) is 5.75 Å². The molecule has 72 valence electrons. The number of phenols is 1. The summed E-state index contributed by atoms with van der Waals surface area (Å²) >= 11 is 3.33. The molecule has 3 N–H and O–H groups in total. The highest BCUT2D eigenvalue weighted by molar-refractivity contribution is 9.10. The minimum absolute atomic E-state index is 0.337. The number of hydrogen-bond acceptors (Lipinski definition) is 2. The van der Waals surface area contributed by atoms with E-state index in [4.69, 9.17) is 5.73 Å². The molecular formula is C10H14BrNO. The number of halogens is 1. The average molecular weight is 244 g/mol. The lowest BCUT2D eigenvalue weighted by Gasteiger charge is -2.10. The Hall–Kier alpha value is -0.540. The molecule has 1 aromatic rings. The molecule has 0 fully saturated rings. The lowest BCUT2D eigenvalue weighted by Crippen LogP contribution is -2.04. The number of aryl methyl sites for hydroxylation is 1. The summed E-state index contributed by atoms with van der Waals surface area (Å²) < 4.78 is 0.783. The molecule has 0 heterocycles. The summed E-state index contributed by atoms with van der Waals surface area (Å²) in [5.41, 5.74) is 8.57. The Kier molecular flexibility index (Phi) is 3.33. The van der Waals surface area contributed by atoms with Crippen molar-refractivity contribution in [2.45, 2.75) is 20.3 Å². The monoisotopic (exact) mass is 243 g/mol. The normalized spacial score (nSPS) is 10.5. The minimum atomic E-state index is 0.337. The second-order valence-electron chi connectivity index (χ2n) is 3.18. The topological polar surface area (TPSA) is 46.2 Å². The van der Waals surface area contributed by atoms with E-state index in [1.807, 2.05) is 13.8 Å². The number of benzene rings is 1. The van der Waals surface area contributed by atoms with Gasteiger partial charge in [0.2, 0.25) is 0 Å². The highest BCUT2D eigenvalue weighted by Crippen LogP contribution is 2.33. The van der Waals surface area contributed by atoms with Gasteiger partial charge in [-0.1, -0.05) is 6.07 Å². The molecule has 1 aromatic carbocycles. The number of rotatable bonds is 2. The van der Waals surface area contributed by atoms with Crippen molar-refractivity contribution in [2.75, 3.05) is 6.54 Å². The van der Waals surface area contributed by atoms with E-state index in [1.54, 1.807) is 0 Å². The van der Waals surface area contributed by atoms with E-state index in [2.05, 4.69) is 22.0 Å². The Morgan fingerprint density at radius 3 is 2.62 bits per heavy atom. The van der Waals surface area contributed by atoms with Crippen molar-refractivity contribution >= 4 is 15.9 Å². The largest absolute Gasteiger partial charge is 0.506 e. The predicted octanol–water partition coefficient (Wildman–Crippen LogP) is 2.27. The molecule has 0 unspecified atom stereocenters. The van der Waals surface area contributed by atoms with Gasteiger partial charge in [0.15, 0.2) is 0 Å². The third-order valence-corrected chi connectivity index (χ3v) is 3.20. The average Bonchev–Trinajstić information content (AvgIpc) is 2.11. The lowest BCUT2D eigenvalue weighted by molar-refractivity contribution is 0.466. The fourth-order valence-electron chi connectivity index (χ4n) is 1.35. The third-order valence-electron chi connectivity index (χ3n) is 2.20. The second-order valence-corrected chi connectivity index (χ2v) is 3.97. The molecule has 0 aromatic heterocycles. The van der Waals surface area contributed by atoms with Gasteiger partial charge in [-0.05, 0) is 59.4 Å². The second kappa shape index (κ2) is 4.11. The zero-order chi connectivity index (χ0) is 10.0. The maximum atomic E-state index is 9.71. The van der Waals surface area contributed by atoms with E-state index in [0.717, 1.165) is 27.6 Å². The number of hydrogen-bond donors (Lipinski definition) is 2. The Morgan fingerprint density at radius 1 is 1.46 bits per heavy atom. The Bertz CT molecular complexity index is 323. The first-order valence-corrected chi connectivity index (χ1v) is 5.04. The number of phenolic OH excluding ortho intramolecular Hbond substituents is 1. The summed E-state index contributed by atoms with van der Waals surface area (Å²) in [6.45, 7) is 4.48. The lowest BCUT2D eigenvalue weighted by atomic mass is 10.0. The minimum Gasteiger partial charge on any atom is -0.506 e. The molecular weight excluding hydrogens is 230 g/mol. The molecule has 0 spiro atoms. The van der Waals surface area contributed by atoms with Crippen LogP contribution in [-0.2, 0) is 6.42 Å². The summed E-state index contributed by atoms with van der Waals surface area (Å²) in [6, 6.07) is 2.06. The van der Waals surface area contributed by atoms with Gasteiger partial charge in [-0.25, -0.2) is 0 Å². The van der Waals surface area contributed by atoms with Gasteiger partial charge in [0.25, 0.3) is 0 Å². The van der Waals surface area contributed by atoms with Crippen molar-refractivity contribution in [3.63, 3.8) is 0 Å². The van der Waals surface area contributed by atoms with E-state index in [1.165, 1.54) is 0 Å². The smallest absolute Gasteiger partial charge is 0.133 e. The Balaban J connectivity index is 3.24. The van der Waals surface area contributed by atoms with Crippen LogP contribution in [-0.4, -0.2) is 11.7 Å².